The van der Waals surface area contributed by atoms with Gasteiger partial charge in [-0.1, -0.05) is 17.8 Å². The summed E-state index contributed by atoms with van der Waals surface area (Å²) in [5.74, 6) is -1.54. The molecule has 0 atom stereocenters. The normalized spacial score (nSPS) is 13.6. The summed E-state index contributed by atoms with van der Waals surface area (Å²) in [6, 6.07) is 0.680. The highest BCUT2D eigenvalue weighted by Gasteiger charge is 2.71. The fourth-order valence-corrected chi connectivity index (χ4v) is 1.93. The third-order valence-corrected chi connectivity index (χ3v) is 3.34. The van der Waals surface area contributed by atoms with E-state index in [1.54, 1.807) is 0 Å². The van der Waals surface area contributed by atoms with E-state index in [1.165, 1.54) is 12.4 Å². The molecule has 0 amide bonds. The van der Waals surface area contributed by atoms with Crippen LogP contribution >= 0.6 is 11.8 Å². The predicted molar refractivity (Wildman–Crippen MR) is 71.8 cm³/mol. The number of aliphatic hydroxyl groups is 1. The Hall–Kier alpha value is -2.00. The molecule has 4 nitrogen and oxygen atoms in total. The number of alkyl halides is 6. The van der Waals surface area contributed by atoms with Gasteiger partial charge in [0.05, 0.1) is 0 Å². The van der Waals surface area contributed by atoms with Crippen LogP contribution in [-0.4, -0.2) is 28.9 Å². The molecule has 0 saturated heterocycles. The van der Waals surface area contributed by atoms with E-state index < -0.39 is 35.0 Å². The van der Waals surface area contributed by atoms with Crippen molar-refractivity contribution in [2.45, 2.75) is 18.0 Å². The SMILES string of the molecule is CSC(=Nc1ccc(C(O)(C(F)(F)F)C(F)(F)F)cc1F)NC#N. The van der Waals surface area contributed by atoms with Gasteiger partial charge in [0.15, 0.2) is 11.4 Å². The van der Waals surface area contributed by atoms with Crippen molar-refractivity contribution >= 4 is 22.6 Å². The van der Waals surface area contributed by atoms with Gasteiger partial charge in [0.1, 0.15) is 11.5 Å². The molecule has 0 bridgehead atoms. The van der Waals surface area contributed by atoms with Gasteiger partial charge < -0.3 is 5.11 Å². The van der Waals surface area contributed by atoms with E-state index in [2.05, 4.69) is 4.99 Å². The molecule has 1 aromatic rings. The van der Waals surface area contributed by atoms with Crippen molar-refractivity contribution in [3.8, 4) is 6.19 Å². The van der Waals surface area contributed by atoms with E-state index in [1.807, 2.05) is 5.32 Å². The Labute approximate surface area is 135 Å². The molecule has 0 saturated carbocycles. The first-order valence-corrected chi connectivity index (χ1v) is 7.04. The lowest BCUT2D eigenvalue weighted by molar-refractivity contribution is -0.376. The molecule has 2 N–H and O–H groups in total. The summed E-state index contributed by atoms with van der Waals surface area (Å²) in [7, 11) is 0. The van der Waals surface area contributed by atoms with Crippen LogP contribution in [0.15, 0.2) is 23.2 Å². The highest BCUT2D eigenvalue weighted by molar-refractivity contribution is 8.13. The van der Waals surface area contributed by atoms with Gasteiger partial charge in [0, 0.05) is 5.56 Å². The fraction of sp³-hybridized carbons (Fsp3) is 0.333. The van der Waals surface area contributed by atoms with Gasteiger partial charge in [0.25, 0.3) is 5.60 Å². The lowest BCUT2D eigenvalue weighted by Gasteiger charge is -2.32. The zero-order chi connectivity index (χ0) is 18.8. The first-order valence-electron chi connectivity index (χ1n) is 5.82. The average Bonchev–Trinajstić information content (AvgIpc) is 2.45. The molecule has 0 spiro atoms. The summed E-state index contributed by atoms with van der Waals surface area (Å²) in [6.45, 7) is 0. The summed E-state index contributed by atoms with van der Waals surface area (Å²) in [5, 5.41) is 19.5. The van der Waals surface area contributed by atoms with Gasteiger partial charge in [-0.25, -0.2) is 9.38 Å². The van der Waals surface area contributed by atoms with Gasteiger partial charge in [-0.05, 0) is 18.4 Å². The maximum absolute atomic E-state index is 13.8. The molecule has 0 aliphatic heterocycles. The minimum Gasteiger partial charge on any atom is -0.369 e. The van der Waals surface area contributed by atoms with Crippen molar-refractivity contribution in [3.05, 3.63) is 29.6 Å². The van der Waals surface area contributed by atoms with E-state index in [4.69, 9.17) is 5.26 Å². The third-order valence-electron chi connectivity index (χ3n) is 2.76. The molecule has 24 heavy (non-hydrogen) atoms. The zero-order valence-corrected chi connectivity index (χ0v) is 12.4. The van der Waals surface area contributed by atoms with E-state index in [9.17, 15) is 35.8 Å². The van der Waals surface area contributed by atoms with Crippen LogP contribution in [0.1, 0.15) is 5.56 Å². The number of halogens is 7. The number of nitrogens with one attached hydrogen (secondary N) is 1. The van der Waals surface area contributed by atoms with Gasteiger partial charge in [-0.2, -0.15) is 31.6 Å². The lowest BCUT2D eigenvalue weighted by atomic mass is 9.92. The van der Waals surface area contributed by atoms with Crippen LogP contribution in [0.25, 0.3) is 0 Å². The molecule has 0 aliphatic carbocycles. The van der Waals surface area contributed by atoms with Gasteiger partial charge >= 0.3 is 12.4 Å². The molecule has 0 aromatic heterocycles. The minimum atomic E-state index is -6.12. The zero-order valence-electron chi connectivity index (χ0n) is 11.6. The van der Waals surface area contributed by atoms with E-state index in [0.717, 1.165) is 11.8 Å². The number of amidine groups is 1. The average molecular weight is 375 g/mol. The van der Waals surface area contributed by atoms with Crippen molar-refractivity contribution in [2.75, 3.05) is 6.26 Å². The summed E-state index contributed by atoms with van der Waals surface area (Å²) in [4.78, 5) is 3.54. The number of hydrogen-bond acceptors (Lipinski definition) is 4. The van der Waals surface area contributed by atoms with Crippen molar-refractivity contribution in [2.24, 2.45) is 4.99 Å². The predicted octanol–water partition coefficient (Wildman–Crippen LogP) is 3.56. The Bertz CT molecular complexity index is 665. The Morgan fingerprint density at radius 3 is 2.12 bits per heavy atom. The summed E-state index contributed by atoms with van der Waals surface area (Å²) >= 11 is 0.857. The highest BCUT2D eigenvalue weighted by Crippen LogP contribution is 2.50. The molecule has 0 fully saturated rings. The molecule has 132 valence electrons. The number of thioether (sulfide) groups is 1. The first kappa shape index (κ1) is 20.0. The second kappa shape index (κ2) is 6.86. The smallest absolute Gasteiger partial charge is 0.369 e. The van der Waals surface area contributed by atoms with Crippen molar-refractivity contribution in [1.82, 2.24) is 5.32 Å². The van der Waals surface area contributed by atoms with E-state index in [-0.39, 0.29) is 17.3 Å². The molecule has 0 unspecified atom stereocenters. The molecule has 1 aromatic carbocycles. The second-order valence-electron chi connectivity index (χ2n) is 4.23. The lowest BCUT2D eigenvalue weighted by Crippen LogP contribution is -2.53. The first-order chi connectivity index (χ1) is 10.9. The monoisotopic (exact) mass is 375 g/mol. The molecular weight excluding hydrogens is 367 g/mol. The number of rotatable bonds is 2. The van der Waals surface area contributed by atoms with Crippen LogP contribution in [0.2, 0.25) is 0 Å². The molecule has 0 radical (unpaired) electrons. The van der Waals surface area contributed by atoms with Gasteiger partial charge in [-0.3, -0.25) is 5.32 Å². The molecule has 1 rings (SSSR count). The topological polar surface area (TPSA) is 68.4 Å². The fourth-order valence-electron chi connectivity index (χ4n) is 1.59. The highest BCUT2D eigenvalue weighted by atomic mass is 32.2. The number of nitrogens with zero attached hydrogens (tertiary/aromatic N) is 2. The van der Waals surface area contributed by atoms with Crippen LogP contribution in [0, 0.1) is 17.3 Å². The maximum Gasteiger partial charge on any atom is 0.430 e. The standard InChI is InChI=1S/C12H8F7N3OS/c1-24-9(21-5-20)22-8-3-2-6(4-7(8)13)10(23,11(14,15)16)12(17,18)19/h2-4,23H,1H3,(H,21,22). The van der Waals surface area contributed by atoms with Gasteiger partial charge in [-0.15, -0.1) is 0 Å². The Morgan fingerprint density at radius 2 is 1.75 bits per heavy atom. The summed E-state index contributed by atoms with van der Waals surface area (Å²) in [6.07, 6.45) is -9.31. The number of benzene rings is 1. The summed E-state index contributed by atoms with van der Waals surface area (Å²) < 4.78 is 90.1. The Morgan fingerprint density at radius 1 is 1.21 bits per heavy atom. The van der Waals surface area contributed by atoms with Crippen LogP contribution in [-0.2, 0) is 5.60 Å². The van der Waals surface area contributed by atoms with Gasteiger partial charge in [0.2, 0.25) is 0 Å². The quantitative estimate of drug-likeness (QED) is 0.273. The van der Waals surface area contributed by atoms with Crippen molar-refractivity contribution in [3.63, 3.8) is 0 Å². The Balaban J connectivity index is 3.45. The number of aliphatic imine (C=N–C) groups is 1. The van der Waals surface area contributed by atoms with Crippen molar-refractivity contribution < 1.29 is 35.8 Å². The molecule has 0 heterocycles. The Kier molecular flexibility index (Phi) is 5.73. The molecule has 0 aliphatic rings. The number of nitriles is 1. The molecule has 12 heteroatoms. The third kappa shape index (κ3) is 3.73. The number of hydrogen-bond donors (Lipinski definition) is 2. The van der Waals surface area contributed by atoms with Crippen LogP contribution < -0.4 is 5.32 Å². The van der Waals surface area contributed by atoms with Crippen molar-refractivity contribution in [1.29, 1.82) is 5.26 Å². The second-order valence-corrected chi connectivity index (χ2v) is 5.02. The van der Waals surface area contributed by atoms with E-state index in [0.29, 0.717) is 6.07 Å². The maximum atomic E-state index is 13.8. The van der Waals surface area contributed by atoms with Crippen LogP contribution in [0.3, 0.4) is 0 Å². The van der Waals surface area contributed by atoms with Crippen LogP contribution in [0.4, 0.5) is 36.4 Å². The van der Waals surface area contributed by atoms with E-state index >= 15 is 0 Å². The molecular formula is C12H8F7N3OS. The largest absolute Gasteiger partial charge is 0.430 e. The minimum absolute atomic E-state index is 0.107. The summed E-state index contributed by atoms with van der Waals surface area (Å²) in [5.41, 5.74) is -7.58. The van der Waals surface area contributed by atoms with Crippen LogP contribution in [0.5, 0.6) is 0 Å².